The van der Waals surface area contributed by atoms with E-state index < -0.39 is 0 Å². The highest BCUT2D eigenvalue weighted by Gasteiger charge is 2.17. The zero-order valence-electron chi connectivity index (χ0n) is 16.7. The Morgan fingerprint density at radius 2 is 1.21 bits per heavy atom. The molecular formula is C27H29N. The van der Waals surface area contributed by atoms with Gasteiger partial charge in [0.15, 0.2) is 0 Å². The molecule has 1 atom stereocenters. The van der Waals surface area contributed by atoms with Crippen LogP contribution in [-0.4, -0.2) is 10.9 Å². The normalized spacial score (nSPS) is 11.6. The van der Waals surface area contributed by atoms with Crippen molar-refractivity contribution in [1.29, 1.82) is 0 Å². The van der Waals surface area contributed by atoms with Crippen LogP contribution in [0.4, 0.5) is 0 Å². The van der Waals surface area contributed by atoms with Crippen LogP contribution in [0.2, 0.25) is 0 Å². The molecule has 0 N–H and O–H groups in total. The Kier molecular flexibility index (Phi) is 7.91. The lowest BCUT2D eigenvalue weighted by molar-refractivity contribution is 0.206. The van der Waals surface area contributed by atoms with E-state index in [1.165, 1.54) is 24.0 Å². The first-order valence-corrected chi connectivity index (χ1v) is 10.2. The summed E-state index contributed by atoms with van der Waals surface area (Å²) in [5.41, 5.74) is 3.76. The van der Waals surface area contributed by atoms with Gasteiger partial charge in [-0.25, -0.2) is 0 Å². The first kappa shape index (κ1) is 19.9. The number of hydrogen-bond acceptors (Lipinski definition) is 1. The summed E-state index contributed by atoms with van der Waals surface area (Å²) >= 11 is 0. The molecule has 3 rings (SSSR count). The molecule has 0 aliphatic carbocycles. The van der Waals surface area contributed by atoms with Crippen LogP contribution >= 0.6 is 0 Å². The standard InChI is InChI=1S/C27H29N/c1-2-3-19-27(21-20-24-13-7-4-8-14-24)28(22-25-15-9-5-10-16-25)23-26-17-11-6-12-18-26/h4-18,27H,2-3,19,22-23H2,1H3. The van der Waals surface area contributed by atoms with Gasteiger partial charge in [-0.05, 0) is 29.7 Å². The number of hydrogen-bond donors (Lipinski definition) is 0. The van der Waals surface area contributed by atoms with Crippen LogP contribution in [0.3, 0.4) is 0 Å². The average molecular weight is 368 g/mol. The molecular weight excluding hydrogens is 338 g/mol. The lowest BCUT2D eigenvalue weighted by atomic mass is 10.0. The van der Waals surface area contributed by atoms with Crippen molar-refractivity contribution in [2.24, 2.45) is 0 Å². The molecule has 0 aliphatic heterocycles. The molecule has 0 spiro atoms. The lowest BCUT2D eigenvalue weighted by Crippen LogP contribution is -2.33. The van der Waals surface area contributed by atoms with Gasteiger partial charge in [-0.1, -0.05) is 110 Å². The predicted molar refractivity (Wildman–Crippen MR) is 119 cm³/mol. The van der Waals surface area contributed by atoms with Crippen molar-refractivity contribution in [2.75, 3.05) is 0 Å². The van der Waals surface area contributed by atoms with E-state index in [4.69, 9.17) is 0 Å². The molecule has 0 heterocycles. The molecule has 0 bridgehead atoms. The summed E-state index contributed by atoms with van der Waals surface area (Å²) in [6, 6.07) is 32.0. The van der Waals surface area contributed by atoms with Crippen molar-refractivity contribution < 1.29 is 0 Å². The third kappa shape index (κ3) is 6.41. The SMILES string of the molecule is CCCCC(C#Cc1ccccc1)N(Cc1ccccc1)Cc1ccccc1. The lowest BCUT2D eigenvalue weighted by Gasteiger charge is -2.29. The van der Waals surface area contributed by atoms with E-state index in [1.807, 2.05) is 6.07 Å². The Bertz CT molecular complexity index is 818. The summed E-state index contributed by atoms with van der Waals surface area (Å²) in [4.78, 5) is 2.52. The van der Waals surface area contributed by atoms with Crippen molar-refractivity contribution in [3.8, 4) is 11.8 Å². The molecule has 1 unspecified atom stereocenters. The largest absolute Gasteiger partial charge is 0.281 e. The van der Waals surface area contributed by atoms with Crippen LogP contribution < -0.4 is 0 Å². The van der Waals surface area contributed by atoms with Gasteiger partial charge >= 0.3 is 0 Å². The first-order chi connectivity index (χ1) is 13.8. The molecule has 28 heavy (non-hydrogen) atoms. The number of benzene rings is 3. The highest BCUT2D eigenvalue weighted by Crippen LogP contribution is 2.17. The molecule has 0 saturated carbocycles. The number of unbranched alkanes of at least 4 members (excludes halogenated alkanes) is 1. The smallest absolute Gasteiger partial charge is 0.0724 e. The Labute approximate surface area is 170 Å². The van der Waals surface area contributed by atoms with E-state index in [2.05, 4.69) is 109 Å². The molecule has 0 fully saturated rings. The van der Waals surface area contributed by atoms with Crippen molar-refractivity contribution in [2.45, 2.75) is 45.3 Å². The summed E-state index contributed by atoms with van der Waals surface area (Å²) in [5, 5.41) is 0. The molecule has 3 aromatic rings. The van der Waals surface area contributed by atoms with E-state index in [-0.39, 0.29) is 6.04 Å². The summed E-state index contributed by atoms with van der Waals surface area (Å²) in [7, 11) is 0. The molecule has 142 valence electrons. The van der Waals surface area contributed by atoms with Crippen LogP contribution in [0.1, 0.15) is 42.9 Å². The van der Waals surface area contributed by atoms with E-state index in [1.54, 1.807) is 0 Å². The third-order valence-corrected chi connectivity index (χ3v) is 4.89. The van der Waals surface area contributed by atoms with Crippen molar-refractivity contribution in [1.82, 2.24) is 4.90 Å². The minimum atomic E-state index is 0.237. The van der Waals surface area contributed by atoms with Crippen molar-refractivity contribution >= 4 is 0 Å². The van der Waals surface area contributed by atoms with Gasteiger partial charge in [0.25, 0.3) is 0 Å². The topological polar surface area (TPSA) is 3.24 Å². The van der Waals surface area contributed by atoms with Crippen LogP contribution in [0.5, 0.6) is 0 Å². The second-order valence-corrected chi connectivity index (χ2v) is 7.17. The fraction of sp³-hybridized carbons (Fsp3) is 0.259. The molecule has 0 aliphatic rings. The monoisotopic (exact) mass is 367 g/mol. The molecule has 0 saturated heterocycles. The van der Waals surface area contributed by atoms with Gasteiger partial charge < -0.3 is 0 Å². The van der Waals surface area contributed by atoms with Crippen molar-refractivity contribution in [3.63, 3.8) is 0 Å². The molecule has 0 amide bonds. The molecule has 3 aromatic carbocycles. The fourth-order valence-electron chi connectivity index (χ4n) is 3.34. The number of nitrogens with zero attached hydrogens (tertiary/aromatic N) is 1. The minimum Gasteiger partial charge on any atom is -0.281 e. The van der Waals surface area contributed by atoms with E-state index in [9.17, 15) is 0 Å². The predicted octanol–water partition coefficient (Wildman–Crippen LogP) is 6.30. The van der Waals surface area contributed by atoms with E-state index >= 15 is 0 Å². The Morgan fingerprint density at radius 3 is 1.71 bits per heavy atom. The fourth-order valence-corrected chi connectivity index (χ4v) is 3.34. The van der Waals surface area contributed by atoms with E-state index in [0.29, 0.717) is 0 Å². The summed E-state index contributed by atoms with van der Waals surface area (Å²) in [6.07, 6.45) is 3.47. The Balaban J connectivity index is 1.86. The quantitative estimate of drug-likeness (QED) is 0.422. The van der Waals surface area contributed by atoms with Crippen molar-refractivity contribution in [3.05, 3.63) is 108 Å². The van der Waals surface area contributed by atoms with Gasteiger partial charge in [0, 0.05) is 18.7 Å². The molecule has 0 radical (unpaired) electrons. The summed E-state index contributed by atoms with van der Waals surface area (Å²) in [5.74, 6) is 7.00. The maximum Gasteiger partial charge on any atom is 0.0724 e. The molecule has 1 heteroatoms. The zero-order chi connectivity index (χ0) is 19.4. The van der Waals surface area contributed by atoms with Gasteiger partial charge in [-0.2, -0.15) is 0 Å². The number of rotatable bonds is 8. The Morgan fingerprint density at radius 1 is 0.714 bits per heavy atom. The van der Waals surface area contributed by atoms with Gasteiger partial charge in [-0.15, -0.1) is 0 Å². The maximum absolute atomic E-state index is 3.59. The second-order valence-electron chi connectivity index (χ2n) is 7.17. The highest BCUT2D eigenvalue weighted by molar-refractivity contribution is 5.35. The van der Waals surface area contributed by atoms with E-state index in [0.717, 1.165) is 25.1 Å². The first-order valence-electron chi connectivity index (χ1n) is 10.2. The van der Waals surface area contributed by atoms with Gasteiger partial charge in [0.2, 0.25) is 0 Å². The van der Waals surface area contributed by atoms with Crippen LogP contribution in [0.25, 0.3) is 0 Å². The van der Waals surface area contributed by atoms with Crippen LogP contribution in [0, 0.1) is 11.8 Å². The summed E-state index contributed by atoms with van der Waals surface area (Å²) in [6.45, 7) is 4.07. The second kappa shape index (κ2) is 11.1. The average Bonchev–Trinajstić information content (AvgIpc) is 2.76. The van der Waals surface area contributed by atoms with Gasteiger partial charge in [0.1, 0.15) is 0 Å². The molecule has 1 nitrogen and oxygen atoms in total. The van der Waals surface area contributed by atoms with Crippen LogP contribution in [-0.2, 0) is 13.1 Å². The maximum atomic E-state index is 3.59. The van der Waals surface area contributed by atoms with Gasteiger partial charge in [-0.3, -0.25) is 4.90 Å². The Hall–Kier alpha value is -2.82. The molecule has 0 aromatic heterocycles. The third-order valence-electron chi connectivity index (χ3n) is 4.89. The summed E-state index contributed by atoms with van der Waals surface area (Å²) < 4.78 is 0. The van der Waals surface area contributed by atoms with Gasteiger partial charge in [0.05, 0.1) is 6.04 Å². The van der Waals surface area contributed by atoms with Crippen LogP contribution in [0.15, 0.2) is 91.0 Å². The minimum absolute atomic E-state index is 0.237. The zero-order valence-corrected chi connectivity index (χ0v) is 16.7. The highest BCUT2D eigenvalue weighted by atomic mass is 15.1.